The zero-order valence-corrected chi connectivity index (χ0v) is 8.89. The third-order valence-corrected chi connectivity index (χ3v) is 2.20. The van der Waals surface area contributed by atoms with Crippen molar-refractivity contribution in [2.45, 2.75) is 34.1 Å². The Labute approximate surface area is 79.5 Å². The third-order valence-electron chi connectivity index (χ3n) is 2.20. The maximum atomic E-state index is 12.0. The van der Waals surface area contributed by atoms with Crippen LogP contribution >= 0.6 is 0 Å². The van der Waals surface area contributed by atoms with Crippen LogP contribution in [0.15, 0.2) is 0 Å². The molecule has 0 heterocycles. The molecule has 0 aromatic carbocycles. The second kappa shape index (κ2) is 5.20. The minimum atomic E-state index is -0.448. The van der Waals surface area contributed by atoms with Crippen molar-refractivity contribution in [3.63, 3.8) is 0 Å². The molecule has 0 saturated heterocycles. The lowest BCUT2D eigenvalue weighted by atomic mass is 9.91. The maximum Gasteiger partial charge on any atom is 0.311 e. The number of carbonyl (C=O) groups excluding carboxylic acids is 1. The van der Waals surface area contributed by atoms with Crippen LogP contribution in [0.5, 0.6) is 0 Å². The fourth-order valence-corrected chi connectivity index (χ4v) is 0.602. The molecule has 0 bridgehead atoms. The lowest BCUT2D eigenvalue weighted by Crippen LogP contribution is -2.27. The van der Waals surface area contributed by atoms with Gasteiger partial charge in [0.15, 0.2) is 0 Å². The summed E-state index contributed by atoms with van der Waals surface area (Å²) in [5, 5.41) is 0. The number of halogens is 1. The fraction of sp³-hybridized carbons (Fsp3) is 0.900. The average Bonchev–Trinajstić information content (AvgIpc) is 2.13. The predicted molar refractivity (Wildman–Crippen MR) is 50.2 cm³/mol. The van der Waals surface area contributed by atoms with Crippen LogP contribution in [-0.2, 0) is 9.53 Å². The molecule has 0 aliphatic carbocycles. The summed E-state index contributed by atoms with van der Waals surface area (Å²) in [4.78, 5) is 11.4. The molecule has 0 aromatic heterocycles. The smallest absolute Gasteiger partial charge is 0.311 e. The van der Waals surface area contributed by atoms with Crippen LogP contribution in [0, 0.1) is 11.3 Å². The molecule has 3 heteroatoms. The molecule has 1 unspecified atom stereocenters. The number of alkyl halides is 1. The van der Waals surface area contributed by atoms with Gasteiger partial charge in [0, 0.05) is 5.92 Å². The standard InChI is InChI=1S/C10H19FO2/c1-5-10(3,4)9(12)13-7-8(2)6-11/h8H,5-7H2,1-4H3. The van der Waals surface area contributed by atoms with Gasteiger partial charge < -0.3 is 4.74 Å². The van der Waals surface area contributed by atoms with E-state index >= 15 is 0 Å². The van der Waals surface area contributed by atoms with Gasteiger partial charge in [-0.15, -0.1) is 0 Å². The Balaban J connectivity index is 3.88. The van der Waals surface area contributed by atoms with Gasteiger partial charge in [-0.3, -0.25) is 9.18 Å². The Morgan fingerprint density at radius 1 is 1.54 bits per heavy atom. The van der Waals surface area contributed by atoms with Gasteiger partial charge in [0.2, 0.25) is 0 Å². The van der Waals surface area contributed by atoms with E-state index in [0.717, 1.165) is 6.42 Å². The van der Waals surface area contributed by atoms with E-state index in [9.17, 15) is 9.18 Å². The first-order chi connectivity index (χ1) is 5.94. The van der Waals surface area contributed by atoms with Crippen LogP contribution in [-0.4, -0.2) is 19.3 Å². The fourth-order valence-electron chi connectivity index (χ4n) is 0.602. The van der Waals surface area contributed by atoms with E-state index in [4.69, 9.17) is 4.74 Å². The molecule has 0 aliphatic heterocycles. The second-order valence-electron chi connectivity index (χ2n) is 4.10. The van der Waals surface area contributed by atoms with Gasteiger partial charge in [0.05, 0.1) is 18.7 Å². The van der Waals surface area contributed by atoms with Crippen LogP contribution in [0.2, 0.25) is 0 Å². The largest absolute Gasteiger partial charge is 0.465 e. The van der Waals surface area contributed by atoms with Crippen molar-refractivity contribution in [1.29, 1.82) is 0 Å². The van der Waals surface area contributed by atoms with E-state index in [0.29, 0.717) is 0 Å². The minimum absolute atomic E-state index is 0.179. The highest BCUT2D eigenvalue weighted by Gasteiger charge is 2.27. The molecule has 2 nitrogen and oxygen atoms in total. The van der Waals surface area contributed by atoms with Crippen molar-refractivity contribution in [3.05, 3.63) is 0 Å². The van der Waals surface area contributed by atoms with Gasteiger partial charge in [0.1, 0.15) is 0 Å². The Morgan fingerprint density at radius 3 is 2.46 bits per heavy atom. The zero-order chi connectivity index (χ0) is 10.5. The van der Waals surface area contributed by atoms with E-state index in [1.807, 2.05) is 20.8 Å². The van der Waals surface area contributed by atoms with E-state index in [-0.39, 0.29) is 18.5 Å². The molecule has 0 amide bonds. The highest BCUT2D eigenvalue weighted by Crippen LogP contribution is 2.21. The van der Waals surface area contributed by atoms with Gasteiger partial charge in [-0.05, 0) is 20.3 Å². The summed E-state index contributed by atoms with van der Waals surface area (Å²) in [7, 11) is 0. The van der Waals surface area contributed by atoms with Crippen LogP contribution < -0.4 is 0 Å². The molecule has 0 rings (SSSR count). The summed E-state index contributed by atoms with van der Waals surface area (Å²) in [6.07, 6.45) is 0.732. The van der Waals surface area contributed by atoms with Crippen molar-refractivity contribution in [2.75, 3.05) is 13.3 Å². The predicted octanol–water partition coefficient (Wildman–Crippen LogP) is 2.57. The number of hydrogen-bond donors (Lipinski definition) is 0. The lowest BCUT2D eigenvalue weighted by molar-refractivity contribution is -0.155. The van der Waals surface area contributed by atoms with Crippen LogP contribution in [0.1, 0.15) is 34.1 Å². The van der Waals surface area contributed by atoms with Crippen molar-refractivity contribution in [2.24, 2.45) is 11.3 Å². The first-order valence-electron chi connectivity index (χ1n) is 4.67. The normalized spacial score (nSPS) is 13.9. The highest BCUT2D eigenvalue weighted by molar-refractivity contribution is 5.75. The summed E-state index contributed by atoms with van der Waals surface area (Å²) in [6, 6.07) is 0. The monoisotopic (exact) mass is 190 g/mol. The first kappa shape index (κ1) is 12.4. The van der Waals surface area contributed by atoms with Crippen LogP contribution in [0.3, 0.4) is 0 Å². The quantitative estimate of drug-likeness (QED) is 0.623. The van der Waals surface area contributed by atoms with Crippen molar-refractivity contribution in [3.8, 4) is 0 Å². The molecule has 78 valence electrons. The lowest BCUT2D eigenvalue weighted by Gasteiger charge is -2.21. The molecule has 0 radical (unpaired) electrons. The molecule has 13 heavy (non-hydrogen) atoms. The first-order valence-corrected chi connectivity index (χ1v) is 4.67. The van der Waals surface area contributed by atoms with Gasteiger partial charge >= 0.3 is 5.97 Å². The molecule has 0 saturated carbocycles. The van der Waals surface area contributed by atoms with Crippen molar-refractivity contribution in [1.82, 2.24) is 0 Å². The number of carbonyl (C=O) groups is 1. The number of rotatable bonds is 5. The van der Waals surface area contributed by atoms with Gasteiger partial charge in [-0.1, -0.05) is 13.8 Å². The van der Waals surface area contributed by atoms with Crippen molar-refractivity contribution >= 4 is 5.97 Å². The van der Waals surface area contributed by atoms with Gasteiger partial charge in [0.25, 0.3) is 0 Å². The Bertz CT molecular complexity index is 166. The molecular weight excluding hydrogens is 171 g/mol. The number of esters is 1. The van der Waals surface area contributed by atoms with E-state index in [2.05, 4.69) is 0 Å². The van der Waals surface area contributed by atoms with Crippen LogP contribution in [0.25, 0.3) is 0 Å². The van der Waals surface area contributed by atoms with Crippen LogP contribution in [0.4, 0.5) is 4.39 Å². The summed E-state index contributed by atoms with van der Waals surface area (Å²) in [5.74, 6) is -0.438. The zero-order valence-electron chi connectivity index (χ0n) is 8.89. The molecular formula is C10H19FO2. The van der Waals surface area contributed by atoms with Crippen molar-refractivity contribution < 1.29 is 13.9 Å². The van der Waals surface area contributed by atoms with Gasteiger partial charge in [-0.25, -0.2) is 0 Å². The third kappa shape index (κ3) is 4.25. The SMILES string of the molecule is CCC(C)(C)C(=O)OCC(C)CF. The highest BCUT2D eigenvalue weighted by atomic mass is 19.1. The number of hydrogen-bond acceptors (Lipinski definition) is 2. The molecule has 0 N–H and O–H groups in total. The molecule has 0 aromatic rings. The summed E-state index contributed by atoms with van der Waals surface area (Å²) in [6.45, 7) is 7.04. The van der Waals surface area contributed by atoms with E-state index in [1.165, 1.54) is 0 Å². The Morgan fingerprint density at radius 2 is 2.08 bits per heavy atom. The summed E-state index contributed by atoms with van der Waals surface area (Å²) in [5.41, 5.74) is -0.448. The molecule has 0 aliphatic rings. The topological polar surface area (TPSA) is 26.3 Å². The Hall–Kier alpha value is -0.600. The molecule has 0 spiro atoms. The summed E-state index contributed by atoms with van der Waals surface area (Å²) >= 11 is 0. The van der Waals surface area contributed by atoms with Gasteiger partial charge in [-0.2, -0.15) is 0 Å². The van der Waals surface area contributed by atoms with E-state index in [1.54, 1.807) is 6.92 Å². The summed E-state index contributed by atoms with van der Waals surface area (Å²) < 4.78 is 17.0. The maximum absolute atomic E-state index is 12.0. The Kier molecular flexibility index (Phi) is 4.96. The molecule has 1 atom stereocenters. The number of ether oxygens (including phenoxy) is 1. The average molecular weight is 190 g/mol. The minimum Gasteiger partial charge on any atom is -0.465 e. The second-order valence-corrected chi connectivity index (χ2v) is 4.10. The molecule has 0 fully saturated rings. The van der Waals surface area contributed by atoms with E-state index < -0.39 is 12.1 Å².